The number of rotatable bonds is 10. The Kier molecular flexibility index (Phi) is 8.21. The number of hydrogen-bond acceptors (Lipinski definition) is 5. The molecule has 0 aliphatic rings. The van der Waals surface area contributed by atoms with Crippen molar-refractivity contribution in [3.05, 3.63) is 65.6 Å². The maximum Gasteiger partial charge on any atom is 0.420 e. The number of ether oxygens (including phenoxy) is 1. The molecule has 0 aliphatic carbocycles. The van der Waals surface area contributed by atoms with Crippen LogP contribution in [-0.2, 0) is 6.18 Å². The normalized spacial score (nSPS) is 11.8. The first kappa shape index (κ1) is 23.7. The topological polar surface area (TPSA) is 47.0 Å². The largest absolute Gasteiger partial charge is 0.493 e. The van der Waals surface area contributed by atoms with Gasteiger partial charge in [0, 0.05) is 23.6 Å². The Morgan fingerprint density at radius 2 is 2.00 bits per heavy atom. The van der Waals surface area contributed by atoms with Gasteiger partial charge in [0.15, 0.2) is 5.13 Å². The predicted molar refractivity (Wildman–Crippen MR) is 119 cm³/mol. The molecule has 3 rings (SSSR count). The Hall–Kier alpha value is -2.94. The van der Waals surface area contributed by atoms with Crippen LogP contribution in [-0.4, -0.2) is 16.6 Å². The number of halogens is 4. The molecule has 3 aromatic rings. The predicted octanol–water partition coefficient (Wildman–Crippen LogP) is 7.62. The van der Waals surface area contributed by atoms with E-state index in [-0.39, 0.29) is 28.9 Å². The summed E-state index contributed by atoms with van der Waals surface area (Å²) in [5.41, 5.74) is -0.173. The molecule has 0 aliphatic heterocycles. The number of hydrogen-bond donors (Lipinski definition) is 1. The number of alkyl halides is 3. The maximum atomic E-state index is 14.3. The summed E-state index contributed by atoms with van der Waals surface area (Å²) in [6.45, 7) is 2.24. The monoisotopic (exact) mass is 465 g/mol. The second kappa shape index (κ2) is 11.1. The number of benzene rings is 1. The van der Waals surface area contributed by atoms with Crippen molar-refractivity contribution < 1.29 is 22.3 Å². The van der Waals surface area contributed by atoms with Crippen molar-refractivity contribution >= 4 is 22.2 Å². The van der Waals surface area contributed by atoms with Gasteiger partial charge in [-0.2, -0.15) is 17.6 Å². The molecule has 170 valence electrons. The van der Waals surface area contributed by atoms with Crippen LogP contribution >= 0.6 is 11.3 Å². The highest BCUT2D eigenvalue weighted by atomic mass is 32.1. The molecule has 0 spiro atoms. The molecule has 2 heterocycles. The number of anilines is 2. The number of pyridine rings is 1. The number of unbranched alkanes of at least 4 members (excludes halogenated alkanes) is 2. The molecular formula is C23H23F4N3OS. The van der Waals surface area contributed by atoms with E-state index in [4.69, 9.17) is 4.74 Å². The zero-order chi connectivity index (χ0) is 23.0. The fourth-order valence-electron chi connectivity index (χ4n) is 2.95. The van der Waals surface area contributed by atoms with Crippen molar-refractivity contribution in [2.24, 2.45) is 0 Å². The minimum atomic E-state index is -4.59. The van der Waals surface area contributed by atoms with Crippen molar-refractivity contribution in [2.75, 3.05) is 11.9 Å². The van der Waals surface area contributed by atoms with Crippen molar-refractivity contribution in [1.82, 2.24) is 9.97 Å². The minimum Gasteiger partial charge on any atom is -0.493 e. The van der Waals surface area contributed by atoms with E-state index < -0.39 is 16.9 Å². The van der Waals surface area contributed by atoms with Crippen LogP contribution in [0.2, 0.25) is 0 Å². The van der Waals surface area contributed by atoms with E-state index in [9.17, 15) is 17.6 Å². The van der Waals surface area contributed by atoms with Crippen molar-refractivity contribution in [3.8, 4) is 17.0 Å². The van der Waals surface area contributed by atoms with Crippen LogP contribution in [0.15, 0.2) is 54.9 Å². The zero-order valence-corrected chi connectivity index (χ0v) is 18.3. The van der Waals surface area contributed by atoms with E-state index in [1.807, 2.05) is 6.92 Å². The third-order valence-electron chi connectivity index (χ3n) is 4.48. The van der Waals surface area contributed by atoms with Gasteiger partial charge in [-0.3, -0.25) is 4.98 Å². The number of aromatic nitrogens is 2. The summed E-state index contributed by atoms with van der Waals surface area (Å²) in [5, 5.41) is 2.35. The van der Waals surface area contributed by atoms with Gasteiger partial charge < -0.3 is 10.1 Å². The molecular weight excluding hydrogens is 442 g/mol. The fourth-order valence-corrected chi connectivity index (χ4v) is 3.68. The van der Waals surface area contributed by atoms with Gasteiger partial charge in [-0.15, -0.1) is 0 Å². The Balaban J connectivity index is 1.70. The second-order valence-electron chi connectivity index (χ2n) is 6.94. The van der Waals surface area contributed by atoms with Gasteiger partial charge in [-0.1, -0.05) is 30.4 Å². The molecule has 32 heavy (non-hydrogen) atoms. The van der Waals surface area contributed by atoms with Gasteiger partial charge in [0.1, 0.15) is 11.4 Å². The van der Waals surface area contributed by atoms with Gasteiger partial charge in [0.05, 0.1) is 12.2 Å². The quantitative estimate of drug-likeness (QED) is 0.190. The van der Waals surface area contributed by atoms with Crippen LogP contribution in [0.3, 0.4) is 0 Å². The summed E-state index contributed by atoms with van der Waals surface area (Å²) in [6, 6.07) is 6.98. The Morgan fingerprint density at radius 3 is 2.72 bits per heavy atom. The lowest BCUT2D eigenvalue weighted by Crippen LogP contribution is -2.10. The Morgan fingerprint density at radius 1 is 1.16 bits per heavy atom. The van der Waals surface area contributed by atoms with Crippen LogP contribution in [0.5, 0.6) is 5.75 Å². The van der Waals surface area contributed by atoms with Crippen molar-refractivity contribution in [2.45, 2.75) is 38.8 Å². The second-order valence-corrected chi connectivity index (χ2v) is 7.89. The van der Waals surface area contributed by atoms with Crippen molar-refractivity contribution in [1.29, 1.82) is 0 Å². The van der Waals surface area contributed by atoms with Gasteiger partial charge in [-0.05, 0) is 56.0 Å². The number of nitrogens with zero attached hydrogens (tertiary/aromatic N) is 2. The molecule has 4 nitrogen and oxygen atoms in total. The average molecular weight is 466 g/mol. The lowest BCUT2D eigenvalue weighted by atomic mass is 10.1. The van der Waals surface area contributed by atoms with Crippen LogP contribution in [0.1, 0.15) is 38.2 Å². The molecule has 0 unspecified atom stereocenters. The fraction of sp³-hybridized carbons (Fsp3) is 0.304. The highest BCUT2D eigenvalue weighted by Crippen LogP contribution is 2.39. The van der Waals surface area contributed by atoms with E-state index in [0.717, 1.165) is 25.3 Å². The van der Waals surface area contributed by atoms with Crippen LogP contribution in [0, 0.1) is 5.13 Å². The Labute approximate surface area is 188 Å². The third kappa shape index (κ3) is 6.53. The first-order valence-corrected chi connectivity index (χ1v) is 11.0. The maximum absolute atomic E-state index is 14.3. The highest BCUT2D eigenvalue weighted by molar-refractivity contribution is 7.14. The standard InChI is InChI=1S/C23H23F4N3OS/c1-2-3-4-5-6-7-13-31-19-11-10-17(14-18(19)23(25,26)27)29-22-30-20(21(24)32-22)16-9-8-12-28-15-16/h3-4,8-12,14-15H,2,5-7,13H2,1H3,(H,29,30). The molecule has 9 heteroatoms. The number of nitrogens with one attached hydrogen (secondary N) is 1. The van der Waals surface area contributed by atoms with E-state index in [1.165, 1.54) is 18.3 Å². The molecule has 2 aromatic heterocycles. The van der Waals surface area contributed by atoms with E-state index >= 15 is 0 Å². The lowest BCUT2D eigenvalue weighted by molar-refractivity contribution is -0.138. The zero-order valence-electron chi connectivity index (χ0n) is 17.5. The van der Waals surface area contributed by atoms with E-state index in [0.29, 0.717) is 23.3 Å². The van der Waals surface area contributed by atoms with Crippen molar-refractivity contribution in [3.63, 3.8) is 0 Å². The molecule has 0 radical (unpaired) electrons. The van der Waals surface area contributed by atoms with E-state index in [1.54, 1.807) is 18.3 Å². The Bertz CT molecular complexity index is 1040. The molecule has 1 aromatic carbocycles. The van der Waals surface area contributed by atoms with Gasteiger partial charge in [0.2, 0.25) is 5.13 Å². The van der Waals surface area contributed by atoms with Gasteiger partial charge in [0.25, 0.3) is 0 Å². The van der Waals surface area contributed by atoms with Crippen LogP contribution < -0.4 is 10.1 Å². The summed E-state index contributed by atoms with van der Waals surface area (Å²) in [5.74, 6) is -0.228. The highest BCUT2D eigenvalue weighted by Gasteiger charge is 2.35. The number of thiazole rings is 1. The summed E-state index contributed by atoms with van der Waals surface area (Å²) >= 11 is 0.712. The molecule has 0 fully saturated rings. The molecule has 1 N–H and O–H groups in total. The summed E-state index contributed by atoms with van der Waals surface area (Å²) in [4.78, 5) is 8.08. The average Bonchev–Trinajstić information content (AvgIpc) is 3.13. The molecule has 0 atom stereocenters. The summed E-state index contributed by atoms with van der Waals surface area (Å²) in [6.07, 6.45) is 5.88. The number of allylic oxidation sites excluding steroid dienone is 2. The first-order valence-electron chi connectivity index (χ1n) is 10.2. The SMILES string of the molecule is CCC=CCCCCOc1ccc(Nc2nc(-c3cccnc3)c(F)s2)cc1C(F)(F)F. The summed E-state index contributed by atoms with van der Waals surface area (Å²) in [7, 11) is 0. The van der Waals surface area contributed by atoms with Gasteiger partial charge in [-0.25, -0.2) is 4.98 Å². The van der Waals surface area contributed by atoms with Gasteiger partial charge >= 0.3 is 6.18 Å². The van der Waals surface area contributed by atoms with Crippen LogP contribution in [0.4, 0.5) is 28.4 Å². The first-order chi connectivity index (χ1) is 15.4. The summed E-state index contributed by atoms with van der Waals surface area (Å²) < 4.78 is 60.4. The van der Waals surface area contributed by atoms with E-state index in [2.05, 4.69) is 27.4 Å². The van der Waals surface area contributed by atoms with Crippen LogP contribution in [0.25, 0.3) is 11.3 Å². The third-order valence-corrected chi connectivity index (χ3v) is 5.24. The molecule has 0 bridgehead atoms. The molecule has 0 amide bonds. The lowest BCUT2D eigenvalue weighted by Gasteiger charge is -2.15. The minimum absolute atomic E-state index is 0.0929. The molecule has 0 saturated carbocycles. The molecule has 0 saturated heterocycles. The smallest absolute Gasteiger partial charge is 0.420 e.